The van der Waals surface area contributed by atoms with Crippen molar-refractivity contribution in [3.05, 3.63) is 82.3 Å². The van der Waals surface area contributed by atoms with Gasteiger partial charge in [-0.25, -0.2) is 9.37 Å². The first-order valence-corrected chi connectivity index (χ1v) is 8.29. The first-order chi connectivity index (χ1) is 12.1. The maximum atomic E-state index is 13.0. The standard InChI is InChI=1S/C19H18ClFN4/c1-13-10-18(22-11-14-6-8-16(21)9-7-14)25-19(24-13)23-12-15-4-2-3-5-17(15)20/h2-10H,11-12H2,1H3,(H2,22,23,24,25). The third-order valence-electron chi connectivity index (χ3n) is 3.64. The second-order valence-corrected chi connectivity index (χ2v) is 6.05. The molecule has 3 rings (SSSR count). The predicted octanol–water partition coefficient (Wildman–Crippen LogP) is 4.80. The summed E-state index contributed by atoms with van der Waals surface area (Å²) in [4.78, 5) is 8.85. The summed E-state index contributed by atoms with van der Waals surface area (Å²) in [6.45, 7) is 3.01. The van der Waals surface area contributed by atoms with Crippen LogP contribution in [0.15, 0.2) is 54.6 Å². The first-order valence-electron chi connectivity index (χ1n) is 7.91. The highest BCUT2D eigenvalue weighted by Crippen LogP contribution is 2.17. The van der Waals surface area contributed by atoms with E-state index in [0.29, 0.717) is 29.9 Å². The number of nitrogens with one attached hydrogen (secondary N) is 2. The zero-order chi connectivity index (χ0) is 17.6. The van der Waals surface area contributed by atoms with Crippen LogP contribution in [0.3, 0.4) is 0 Å². The van der Waals surface area contributed by atoms with Crippen LogP contribution in [0, 0.1) is 12.7 Å². The fourth-order valence-electron chi connectivity index (χ4n) is 2.35. The van der Waals surface area contributed by atoms with E-state index in [4.69, 9.17) is 11.6 Å². The maximum Gasteiger partial charge on any atom is 0.225 e. The zero-order valence-corrected chi connectivity index (χ0v) is 14.5. The van der Waals surface area contributed by atoms with Crippen LogP contribution in [-0.4, -0.2) is 9.97 Å². The average molecular weight is 357 g/mol. The van der Waals surface area contributed by atoms with Crippen LogP contribution in [0.1, 0.15) is 16.8 Å². The van der Waals surface area contributed by atoms with Gasteiger partial charge in [-0.15, -0.1) is 0 Å². The van der Waals surface area contributed by atoms with E-state index in [9.17, 15) is 4.39 Å². The van der Waals surface area contributed by atoms with Crippen molar-refractivity contribution < 1.29 is 4.39 Å². The first kappa shape index (κ1) is 17.2. The second-order valence-electron chi connectivity index (χ2n) is 5.64. The summed E-state index contributed by atoms with van der Waals surface area (Å²) in [6, 6.07) is 15.9. The van der Waals surface area contributed by atoms with E-state index in [1.807, 2.05) is 37.3 Å². The Balaban J connectivity index is 1.65. The molecule has 4 nitrogen and oxygen atoms in total. The van der Waals surface area contributed by atoms with Gasteiger partial charge in [0, 0.05) is 29.9 Å². The van der Waals surface area contributed by atoms with E-state index in [1.165, 1.54) is 12.1 Å². The predicted molar refractivity (Wildman–Crippen MR) is 99.3 cm³/mol. The molecule has 0 saturated heterocycles. The molecule has 2 aromatic carbocycles. The molecule has 0 amide bonds. The van der Waals surface area contributed by atoms with Crippen LogP contribution in [0.2, 0.25) is 5.02 Å². The number of anilines is 2. The average Bonchev–Trinajstić information content (AvgIpc) is 2.60. The molecule has 0 aliphatic carbocycles. The van der Waals surface area contributed by atoms with Gasteiger partial charge in [0.1, 0.15) is 11.6 Å². The van der Waals surface area contributed by atoms with Gasteiger partial charge in [0.15, 0.2) is 0 Å². The highest BCUT2D eigenvalue weighted by molar-refractivity contribution is 6.31. The van der Waals surface area contributed by atoms with Gasteiger partial charge in [-0.05, 0) is 36.2 Å². The monoisotopic (exact) mass is 356 g/mol. The molecule has 0 spiro atoms. The third kappa shape index (κ3) is 4.90. The van der Waals surface area contributed by atoms with Crippen LogP contribution in [-0.2, 0) is 13.1 Å². The van der Waals surface area contributed by atoms with Gasteiger partial charge in [-0.3, -0.25) is 0 Å². The van der Waals surface area contributed by atoms with Crippen molar-refractivity contribution in [1.82, 2.24) is 9.97 Å². The molecule has 25 heavy (non-hydrogen) atoms. The number of benzene rings is 2. The number of halogens is 2. The summed E-state index contributed by atoms with van der Waals surface area (Å²) < 4.78 is 13.0. The van der Waals surface area contributed by atoms with Gasteiger partial charge in [-0.1, -0.05) is 41.9 Å². The van der Waals surface area contributed by atoms with E-state index in [2.05, 4.69) is 20.6 Å². The normalized spacial score (nSPS) is 10.5. The Bertz CT molecular complexity index is 852. The summed E-state index contributed by atoms with van der Waals surface area (Å²) in [6.07, 6.45) is 0. The molecule has 2 N–H and O–H groups in total. The maximum absolute atomic E-state index is 13.0. The Morgan fingerprint density at radius 1 is 0.960 bits per heavy atom. The minimum absolute atomic E-state index is 0.243. The Hall–Kier alpha value is -2.66. The Morgan fingerprint density at radius 2 is 1.72 bits per heavy atom. The highest BCUT2D eigenvalue weighted by Gasteiger charge is 2.04. The Kier molecular flexibility index (Phi) is 5.46. The van der Waals surface area contributed by atoms with Crippen molar-refractivity contribution in [1.29, 1.82) is 0 Å². The van der Waals surface area contributed by atoms with Gasteiger partial charge in [0.25, 0.3) is 0 Å². The molecule has 0 aliphatic heterocycles. The van der Waals surface area contributed by atoms with Crippen LogP contribution in [0.25, 0.3) is 0 Å². The molecular formula is C19H18ClFN4. The molecule has 0 atom stereocenters. The molecule has 3 aromatic rings. The molecule has 0 bridgehead atoms. The van der Waals surface area contributed by atoms with E-state index >= 15 is 0 Å². The lowest BCUT2D eigenvalue weighted by atomic mass is 10.2. The lowest BCUT2D eigenvalue weighted by Crippen LogP contribution is -2.08. The van der Waals surface area contributed by atoms with Gasteiger partial charge in [0.2, 0.25) is 5.95 Å². The molecule has 0 saturated carbocycles. The van der Waals surface area contributed by atoms with Crippen LogP contribution in [0.5, 0.6) is 0 Å². The number of aryl methyl sites for hydroxylation is 1. The SMILES string of the molecule is Cc1cc(NCc2ccc(F)cc2)nc(NCc2ccccc2Cl)n1. The van der Waals surface area contributed by atoms with E-state index in [0.717, 1.165) is 16.8 Å². The van der Waals surface area contributed by atoms with E-state index < -0.39 is 0 Å². The van der Waals surface area contributed by atoms with Gasteiger partial charge < -0.3 is 10.6 Å². The minimum atomic E-state index is -0.243. The quantitative estimate of drug-likeness (QED) is 0.666. The summed E-state index contributed by atoms with van der Waals surface area (Å²) in [5.41, 5.74) is 2.80. The zero-order valence-electron chi connectivity index (χ0n) is 13.8. The molecule has 1 aromatic heterocycles. The molecule has 0 aliphatic rings. The van der Waals surface area contributed by atoms with Gasteiger partial charge in [0.05, 0.1) is 0 Å². The van der Waals surface area contributed by atoms with Crippen LogP contribution >= 0.6 is 11.6 Å². The number of nitrogens with zero attached hydrogens (tertiary/aromatic N) is 2. The van der Waals surface area contributed by atoms with Crippen molar-refractivity contribution >= 4 is 23.4 Å². The lowest BCUT2D eigenvalue weighted by molar-refractivity contribution is 0.627. The van der Waals surface area contributed by atoms with Crippen LogP contribution in [0.4, 0.5) is 16.2 Å². The number of rotatable bonds is 6. The van der Waals surface area contributed by atoms with Crippen molar-refractivity contribution in [2.75, 3.05) is 10.6 Å². The van der Waals surface area contributed by atoms with Crippen molar-refractivity contribution in [3.8, 4) is 0 Å². The smallest absolute Gasteiger partial charge is 0.225 e. The number of aromatic nitrogens is 2. The summed E-state index contributed by atoms with van der Waals surface area (Å²) in [7, 11) is 0. The largest absolute Gasteiger partial charge is 0.366 e. The Morgan fingerprint density at radius 3 is 2.48 bits per heavy atom. The number of hydrogen-bond donors (Lipinski definition) is 2. The minimum Gasteiger partial charge on any atom is -0.366 e. The molecular weight excluding hydrogens is 339 g/mol. The van der Waals surface area contributed by atoms with Crippen molar-refractivity contribution in [2.45, 2.75) is 20.0 Å². The molecule has 0 unspecified atom stereocenters. The van der Waals surface area contributed by atoms with Gasteiger partial charge in [-0.2, -0.15) is 4.98 Å². The van der Waals surface area contributed by atoms with Crippen molar-refractivity contribution in [3.63, 3.8) is 0 Å². The molecule has 0 fully saturated rings. The summed E-state index contributed by atoms with van der Waals surface area (Å²) in [5, 5.41) is 7.13. The van der Waals surface area contributed by atoms with Crippen molar-refractivity contribution in [2.24, 2.45) is 0 Å². The lowest BCUT2D eigenvalue weighted by Gasteiger charge is -2.11. The third-order valence-corrected chi connectivity index (χ3v) is 4.00. The summed E-state index contributed by atoms with van der Waals surface area (Å²) >= 11 is 6.16. The molecule has 0 radical (unpaired) electrons. The topological polar surface area (TPSA) is 49.8 Å². The Labute approximate surface area is 151 Å². The van der Waals surface area contributed by atoms with Crippen LogP contribution < -0.4 is 10.6 Å². The molecule has 128 valence electrons. The fraction of sp³-hybridized carbons (Fsp3) is 0.158. The summed E-state index contributed by atoms with van der Waals surface area (Å²) in [5.74, 6) is 0.993. The highest BCUT2D eigenvalue weighted by atomic mass is 35.5. The van der Waals surface area contributed by atoms with E-state index in [-0.39, 0.29) is 5.82 Å². The molecule has 6 heteroatoms. The molecule has 1 heterocycles. The van der Waals surface area contributed by atoms with Gasteiger partial charge >= 0.3 is 0 Å². The fourth-order valence-corrected chi connectivity index (χ4v) is 2.55. The second kappa shape index (κ2) is 7.94. The van der Waals surface area contributed by atoms with E-state index in [1.54, 1.807) is 12.1 Å². The number of hydrogen-bond acceptors (Lipinski definition) is 4.